The molecule has 1 aromatic carbocycles. The first-order valence-corrected chi connectivity index (χ1v) is 12.4. The first-order chi connectivity index (χ1) is 17.5. The molecular weight excluding hydrogens is 458 g/mol. The quantitative estimate of drug-likeness (QED) is 0.597. The normalized spacial score (nSPS) is 18.4. The molecule has 1 unspecified atom stereocenters. The van der Waals surface area contributed by atoms with Crippen molar-refractivity contribution in [2.45, 2.75) is 38.8 Å². The second-order valence-corrected chi connectivity index (χ2v) is 9.42. The second-order valence-electron chi connectivity index (χ2n) is 9.42. The molecule has 3 amide bonds. The third kappa shape index (κ3) is 4.89. The lowest BCUT2D eigenvalue weighted by Crippen LogP contribution is -2.58. The lowest BCUT2D eigenvalue weighted by Gasteiger charge is -2.43. The second kappa shape index (κ2) is 10.3. The summed E-state index contributed by atoms with van der Waals surface area (Å²) in [5.74, 6) is 0.783. The third-order valence-corrected chi connectivity index (χ3v) is 6.97. The first kappa shape index (κ1) is 23.8. The smallest absolute Gasteiger partial charge is 0.404 e. The van der Waals surface area contributed by atoms with Gasteiger partial charge in [-0.3, -0.25) is 4.98 Å². The number of benzene rings is 1. The summed E-state index contributed by atoms with van der Waals surface area (Å²) in [6.45, 7) is 5.95. The number of fused-ring (bicyclic) bond motifs is 1. The molecule has 2 N–H and O–H groups in total. The Bertz CT molecular complexity index is 1240. The molecule has 10 heteroatoms. The van der Waals surface area contributed by atoms with E-state index >= 15 is 0 Å². The van der Waals surface area contributed by atoms with Crippen LogP contribution in [0.4, 0.5) is 15.4 Å². The van der Waals surface area contributed by atoms with Gasteiger partial charge in [-0.05, 0) is 37.8 Å². The highest BCUT2D eigenvalue weighted by atomic mass is 16.5. The van der Waals surface area contributed by atoms with Gasteiger partial charge in [0, 0.05) is 67.5 Å². The maximum absolute atomic E-state index is 13.1. The minimum atomic E-state index is -0.801. The molecule has 0 bridgehead atoms. The van der Waals surface area contributed by atoms with E-state index in [-0.39, 0.29) is 18.7 Å². The number of aromatic nitrogens is 3. The molecule has 10 nitrogen and oxygen atoms in total. The van der Waals surface area contributed by atoms with Gasteiger partial charge < -0.3 is 25.2 Å². The van der Waals surface area contributed by atoms with E-state index in [1.807, 2.05) is 46.3 Å². The summed E-state index contributed by atoms with van der Waals surface area (Å²) in [4.78, 5) is 34.5. The fourth-order valence-corrected chi connectivity index (χ4v) is 5.05. The van der Waals surface area contributed by atoms with Gasteiger partial charge in [0.25, 0.3) is 0 Å². The van der Waals surface area contributed by atoms with E-state index in [1.165, 1.54) is 6.42 Å². The highest BCUT2D eigenvalue weighted by Crippen LogP contribution is 2.32. The number of hydrogen-bond acceptors (Lipinski definition) is 7. The van der Waals surface area contributed by atoms with Gasteiger partial charge in [0.2, 0.25) is 0 Å². The summed E-state index contributed by atoms with van der Waals surface area (Å²) in [6, 6.07) is 9.78. The Morgan fingerprint density at radius 3 is 2.50 bits per heavy atom. The summed E-state index contributed by atoms with van der Waals surface area (Å²) in [5.41, 5.74) is 7.54. The van der Waals surface area contributed by atoms with Gasteiger partial charge in [-0.15, -0.1) is 10.2 Å². The molecule has 36 heavy (non-hydrogen) atoms. The Morgan fingerprint density at radius 1 is 1.00 bits per heavy atom. The minimum absolute atomic E-state index is 0.0662. The van der Waals surface area contributed by atoms with Crippen molar-refractivity contribution in [3.05, 3.63) is 48.3 Å². The molecule has 2 saturated heterocycles. The van der Waals surface area contributed by atoms with Crippen molar-refractivity contribution in [3.8, 4) is 11.3 Å². The zero-order valence-electron chi connectivity index (χ0n) is 20.5. The molecular formula is C26H31N7O3. The molecule has 2 aliphatic rings. The molecule has 3 aromatic rings. The van der Waals surface area contributed by atoms with Crippen LogP contribution in [0.15, 0.2) is 42.7 Å². The number of amides is 3. The number of nitrogens with two attached hydrogens (primary N) is 1. The Hall–Kier alpha value is -3.95. The maximum atomic E-state index is 13.1. The minimum Gasteiger partial charge on any atom is -0.445 e. The predicted octanol–water partition coefficient (Wildman–Crippen LogP) is 3.40. The lowest BCUT2D eigenvalue weighted by atomic mass is 10.0. The van der Waals surface area contributed by atoms with Crippen LogP contribution >= 0.6 is 0 Å². The summed E-state index contributed by atoms with van der Waals surface area (Å²) in [5, 5.41) is 11.1. The molecule has 2 aliphatic heterocycles. The number of carbonyl (C=O) groups is 2. The molecule has 2 aromatic heterocycles. The van der Waals surface area contributed by atoms with E-state index in [0.29, 0.717) is 19.6 Å². The number of piperidine rings is 1. The van der Waals surface area contributed by atoms with Crippen molar-refractivity contribution in [1.82, 2.24) is 25.0 Å². The van der Waals surface area contributed by atoms with Crippen LogP contribution in [0.25, 0.3) is 22.0 Å². The van der Waals surface area contributed by atoms with Crippen LogP contribution in [0, 0.1) is 0 Å². The number of nitrogens with zero attached hydrogens (tertiary/aromatic N) is 6. The van der Waals surface area contributed by atoms with Crippen LogP contribution in [0.5, 0.6) is 0 Å². The number of carbonyl (C=O) groups excluding carboxylic acids is 2. The van der Waals surface area contributed by atoms with Crippen LogP contribution < -0.4 is 10.6 Å². The van der Waals surface area contributed by atoms with Gasteiger partial charge in [-0.2, -0.15) is 0 Å². The Kier molecular flexibility index (Phi) is 6.84. The summed E-state index contributed by atoms with van der Waals surface area (Å²) >= 11 is 0. The highest BCUT2D eigenvalue weighted by Gasteiger charge is 2.32. The largest absolute Gasteiger partial charge is 0.445 e. The van der Waals surface area contributed by atoms with Gasteiger partial charge in [-0.25, -0.2) is 9.59 Å². The van der Waals surface area contributed by atoms with Gasteiger partial charge in [0.05, 0.1) is 0 Å². The van der Waals surface area contributed by atoms with Gasteiger partial charge in [0.15, 0.2) is 5.82 Å². The van der Waals surface area contributed by atoms with E-state index < -0.39 is 6.09 Å². The van der Waals surface area contributed by atoms with Crippen molar-refractivity contribution in [2.75, 3.05) is 37.6 Å². The number of pyridine rings is 1. The van der Waals surface area contributed by atoms with Crippen LogP contribution in [0.2, 0.25) is 0 Å². The molecule has 0 radical (unpaired) electrons. The van der Waals surface area contributed by atoms with Crippen molar-refractivity contribution in [2.24, 2.45) is 5.73 Å². The van der Waals surface area contributed by atoms with Crippen LogP contribution in [0.1, 0.15) is 31.7 Å². The molecule has 0 spiro atoms. The molecule has 4 heterocycles. The van der Waals surface area contributed by atoms with E-state index in [1.54, 1.807) is 6.20 Å². The number of primary amides is 1. The average molecular weight is 490 g/mol. The van der Waals surface area contributed by atoms with E-state index in [9.17, 15) is 9.59 Å². The van der Waals surface area contributed by atoms with Crippen molar-refractivity contribution in [1.29, 1.82) is 0 Å². The van der Waals surface area contributed by atoms with Crippen molar-refractivity contribution >= 4 is 28.7 Å². The number of urea groups is 1. The van der Waals surface area contributed by atoms with Crippen molar-refractivity contribution < 1.29 is 14.3 Å². The van der Waals surface area contributed by atoms with Crippen molar-refractivity contribution in [3.63, 3.8) is 0 Å². The van der Waals surface area contributed by atoms with E-state index in [4.69, 9.17) is 10.5 Å². The maximum Gasteiger partial charge on any atom is 0.404 e. The molecule has 2 fully saturated rings. The molecule has 188 valence electrons. The SMILES string of the molecule is CC1CN(c2nnc(-c3ccc(COC(N)=O)cc3)c3ccncc23)CCN1C(=O)N1CCCCC1. The zero-order chi connectivity index (χ0) is 25.1. The first-order valence-electron chi connectivity index (χ1n) is 12.4. The number of ether oxygens (including phenoxy) is 1. The van der Waals surface area contributed by atoms with Crippen LogP contribution in [-0.4, -0.2) is 75.9 Å². The molecule has 1 atom stereocenters. The van der Waals surface area contributed by atoms with Gasteiger partial charge >= 0.3 is 12.1 Å². The van der Waals surface area contributed by atoms with E-state index in [0.717, 1.165) is 59.3 Å². The Balaban J connectivity index is 1.36. The van der Waals surface area contributed by atoms with Crippen LogP contribution in [0.3, 0.4) is 0 Å². The standard InChI is InChI=1S/C26H31N7O3/c1-18-16-32(13-14-33(18)26(35)31-11-3-2-4-12-31)24-22-15-28-10-9-21(22)23(29-30-24)20-7-5-19(6-8-20)17-36-25(27)34/h5-10,15,18H,2-4,11-14,16-17H2,1H3,(H2,27,34). The summed E-state index contributed by atoms with van der Waals surface area (Å²) in [7, 11) is 0. The summed E-state index contributed by atoms with van der Waals surface area (Å²) in [6.07, 6.45) is 6.16. The number of likely N-dealkylation sites (tertiary alicyclic amines) is 1. The monoisotopic (exact) mass is 489 g/mol. The number of piperazine rings is 1. The fraction of sp³-hybridized carbons (Fsp3) is 0.423. The Labute approximate surface area is 210 Å². The molecule has 0 saturated carbocycles. The highest BCUT2D eigenvalue weighted by molar-refractivity contribution is 5.99. The fourth-order valence-electron chi connectivity index (χ4n) is 5.05. The van der Waals surface area contributed by atoms with Gasteiger partial charge in [0.1, 0.15) is 12.3 Å². The van der Waals surface area contributed by atoms with Crippen LogP contribution in [-0.2, 0) is 11.3 Å². The number of rotatable bonds is 4. The predicted molar refractivity (Wildman–Crippen MR) is 136 cm³/mol. The van der Waals surface area contributed by atoms with Gasteiger partial charge in [-0.1, -0.05) is 24.3 Å². The van der Waals surface area contributed by atoms with E-state index in [2.05, 4.69) is 27.0 Å². The zero-order valence-corrected chi connectivity index (χ0v) is 20.5. The average Bonchev–Trinajstić information content (AvgIpc) is 2.91. The molecule has 0 aliphatic carbocycles. The lowest BCUT2D eigenvalue weighted by molar-refractivity contribution is 0.123. The summed E-state index contributed by atoms with van der Waals surface area (Å²) < 4.78 is 4.86. The molecule has 5 rings (SSSR count). The Morgan fingerprint density at radius 2 is 1.78 bits per heavy atom. The number of hydrogen-bond donors (Lipinski definition) is 1. The third-order valence-electron chi connectivity index (χ3n) is 6.97. The number of anilines is 1. The topological polar surface area (TPSA) is 118 Å².